The highest BCUT2D eigenvalue weighted by molar-refractivity contribution is 6.33. The Labute approximate surface area is 147 Å². The maximum absolute atomic E-state index is 12.1. The van der Waals surface area contributed by atoms with Gasteiger partial charge in [0.15, 0.2) is 0 Å². The Bertz CT molecular complexity index is 572. The molecule has 0 heterocycles. The summed E-state index contributed by atoms with van der Waals surface area (Å²) in [6, 6.07) is 2.96. The number of carbonyl (C=O) groups excluding carboxylic acids is 2. The molecule has 0 aliphatic heterocycles. The fourth-order valence-corrected chi connectivity index (χ4v) is 1.79. The van der Waals surface area contributed by atoms with Gasteiger partial charge in [-0.05, 0) is 6.07 Å². The molecule has 0 aliphatic carbocycles. The number of carbonyl (C=O) groups is 2. The van der Waals surface area contributed by atoms with Crippen LogP contribution < -0.4 is 21.1 Å². The fourth-order valence-electron chi connectivity index (χ4n) is 1.63. The number of halogens is 2. The molecule has 4 N–H and O–H groups in total. The van der Waals surface area contributed by atoms with Gasteiger partial charge in [0, 0.05) is 24.6 Å². The second-order valence-electron chi connectivity index (χ2n) is 5.84. The Hall–Kier alpha value is -1.66. The maximum Gasteiger partial charge on any atom is 0.255 e. The van der Waals surface area contributed by atoms with Gasteiger partial charge in [-0.3, -0.25) is 9.59 Å². The second kappa shape index (κ2) is 8.84. The van der Waals surface area contributed by atoms with E-state index in [0.717, 1.165) is 0 Å². The number of nitrogens with two attached hydrogens (primary N) is 1. The van der Waals surface area contributed by atoms with Crippen molar-refractivity contribution in [3.05, 3.63) is 22.7 Å². The predicted octanol–water partition coefficient (Wildman–Crippen LogP) is 2.24. The van der Waals surface area contributed by atoms with Crippen molar-refractivity contribution in [3.8, 4) is 5.75 Å². The Kier molecular flexibility index (Phi) is 8.20. The molecule has 0 aliphatic rings. The van der Waals surface area contributed by atoms with E-state index in [1.54, 1.807) is 0 Å². The number of anilines is 1. The van der Waals surface area contributed by atoms with E-state index in [1.165, 1.54) is 19.2 Å². The zero-order chi connectivity index (χ0) is 16.9. The summed E-state index contributed by atoms with van der Waals surface area (Å²) in [6.07, 6.45) is 0. The summed E-state index contributed by atoms with van der Waals surface area (Å²) >= 11 is 5.92. The molecule has 6 nitrogen and oxygen atoms in total. The SMILES string of the molecule is COc1cc(N)c(Cl)cc1C(=O)NCCNC(=O)C(C)(C)C.Cl. The average Bonchev–Trinajstić information content (AvgIpc) is 2.44. The monoisotopic (exact) mass is 363 g/mol. The number of nitrogens with one attached hydrogen (secondary N) is 2. The van der Waals surface area contributed by atoms with Crippen LogP contribution in [0.15, 0.2) is 12.1 Å². The zero-order valence-electron chi connectivity index (χ0n) is 13.7. The molecule has 0 unspecified atom stereocenters. The normalized spacial score (nSPS) is 10.5. The van der Waals surface area contributed by atoms with Crippen LogP contribution >= 0.6 is 24.0 Å². The molecule has 1 rings (SSSR count). The molecule has 2 amide bonds. The summed E-state index contributed by atoms with van der Waals surface area (Å²) in [4.78, 5) is 23.8. The molecule has 0 saturated carbocycles. The van der Waals surface area contributed by atoms with Gasteiger partial charge in [0.2, 0.25) is 5.91 Å². The largest absolute Gasteiger partial charge is 0.496 e. The Morgan fingerprint density at radius 1 is 1.22 bits per heavy atom. The lowest BCUT2D eigenvalue weighted by atomic mass is 9.96. The van der Waals surface area contributed by atoms with Crippen LogP contribution in [0.3, 0.4) is 0 Å². The van der Waals surface area contributed by atoms with E-state index in [1.807, 2.05) is 20.8 Å². The molecule has 0 bridgehead atoms. The molecule has 0 spiro atoms. The van der Waals surface area contributed by atoms with Gasteiger partial charge in [-0.2, -0.15) is 0 Å². The molecule has 0 atom stereocenters. The quantitative estimate of drug-likeness (QED) is 0.552. The third-order valence-electron chi connectivity index (χ3n) is 2.94. The van der Waals surface area contributed by atoms with Gasteiger partial charge in [-0.1, -0.05) is 32.4 Å². The van der Waals surface area contributed by atoms with Crippen LogP contribution in [0.5, 0.6) is 5.75 Å². The summed E-state index contributed by atoms with van der Waals surface area (Å²) in [6.45, 7) is 6.10. The van der Waals surface area contributed by atoms with E-state index >= 15 is 0 Å². The van der Waals surface area contributed by atoms with Crippen molar-refractivity contribution >= 4 is 41.5 Å². The van der Waals surface area contributed by atoms with Gasteiger partial charge in [0.05, 0.1) is 23.4 Å². The number of hydrogen-bond donors (Lipinski definition) is 3. The van der Waals surface area contributed by atoms with E-state index < -0.39 is 5.41 Å². The number of ether oxygens (including phenoxy) is 1. The van der Waals surface area contributed by atoms with E-state index in [-0.39, 0.29) is 29.2 Å². The predicted molar refractivity (Wildman–Crippen MR) is 94.5 cm³/mol. The highest BCUT2D eigenvalue weighted by atomic mass is 35.5. The first-order valence-electron chi connectivity index (χ1n) is 6.86. The number of benzene rings is 1. The van der Waals surface area contributed by atoms with E-state index in [4.69, 9.17) is 22.1 Å². The van der Waals surface area contributed by atoms with Crippen LogP contribution in [0.25, 0.3) is 0 Å². The second-order valence-corrected chi connectivity index (χ2v) is 6.24. The molecule has 23 heavy (non-hydrogen) atoms. The lowest BCUT2D eigenvalue weighted by molar-refractivity contribution is -0.128. The zero-order valence-corrected chi connectivity index (χ0v) is 15.2. The molecular weight excluding hydrogens is 341 g/mol. The molecule has 0 fully saturated rings. The highest BCUT2D eigenvalue weighted by Gasteiger charge is 2.20. The molecule has 0 radical (unpaired) electrons. The molecule has 1 aromatic rings. The van der Waals surface area contributed by atoms with Crippen molar-refractivity contribution in [1.29, 1.82) is 0 Å². The minimum atomic E-state index is -0.461. The van der Waals surface area contributed by atoms with Crippen molar-refractivity contribution in [1.82, 2.24) is 10.6 Å². The third-order valence-corrected chi connectivity index (χ3v) is 3.27. The van der Waals surface area contributed by atoms with Gasteiger partial charge >= 0.3 is 0 Å². The van der Waals surface area contributed by atoms with Gasteiger partial charge in [0.25, 0.3) is 5.91 Å². The van der Waals surface area contributed by atoms with Crippen LogP contribution in [-0.4, -0.2) is 32.0 Å². The molecule has 0 aromatic heterocycles. The maximum atomic E-state index is 12.1. The number of nitrogen functional groups attached to an aromatic ring is 1. The smallest absolute Gasteiger partial charge is 0.255 e. The minimum absolute atomic E-state index is 0. The van der Waals surface area contributed by atoms with Crippen LogP contribution in [0.2, 0.25) is 5.02 Å². The van der Waals surface area contributed by atoms with Crippen molar-refractivity contribution in [2.24, 2.45) is 5.41 Å². The Morgan fingerprint density at radius 2 is 1.78 bits per heavy atom. The standard InChI is InChI=1S/C15H22ClN3O3.ClH/c1-15(2,3)14(21)19-6-5-18-13(20)9-7-10(16)11(17)8-12(9)22-4;/h7-8H,5-6,17H2,1-4H3,(H,18,20)(H,19,21);1H. The average molecular weight is 364 g/mol. The summed E-state index contributed by atoms with van der Waals surface area (Å²) in [5.74, 6) is -0.0725. The van der Waals surface area contributed by atoms with E-state index in [9.17, 15) is 9.59 Å². The molecule has 8 heteroatoms. The topological polar surface area (TPSA) is 93.4 Å². The summed E-state index contributed by atoms with van der Waals surface area (Å²) < 4.78 is 5.12. The first kappa shape index (κ1) is 21.3. The van der Waals surface area contributed by atoms with Crippen molar-refractivity contribution in [2.45, 2.75) is 20.8 Å². The van der Waals surface area contributed by atoms with E-state index in [0.29, 0.717) is 30.1 Å². The third kappa shape index (κ3) is 6.15. The molecule has 1 aromatic carbocycles. The summed E-state index contributed by atoms with van der Waals surface area (Å²) in [5, 5.41) is 5.73. The number of rotatable bonds is 5. The van der Waals surface area contributed by atoms with Crippen molar-refractivity contribution in [3.63, 3.8) is 0 Å². The molecular formula is C15H23Cl2N3O3. The molecule has 130 valence electrons. The fraction of sp³-hybridized carbons (Fsp3) is 0.467. The van der Waals surface area contributed by atoms with Crippen LogP contribution in [0, 0.1) is 5.41 Å². The highest BCUT2D eigenvalue weighted by Crippen LogP contribution is 2.28. The summed E-state index contributed by atoms with van der Waals surface area (Å²) in [7, 11) is 1.45. The lowest BCUT2D eigenvalue weighted by Gasteiger charge is -2.17. The Balaban J connectivity index is 0.00000484. The van der Waals surface area contributed by atoms with Crippen LogP contribution in [0.1, 0.15) is 31.1 Å². The van der Waals surface area contributed by atoms with Gasteiger partial charge in [-0.15, -0.1) is 12.4 Å². The Morgan fingerprint density at radius 3 is 2.30 bits per heavy atom. The van der Waals surface area contributed by atoms with Crippen LogP contribution in [-0.2, 0) is 4.79 Å². The van der Waals surface area contributed by atoms with Crippen LogP contribution in [0.4, 0.5) is 5.69 Å². The number of methoxy groups -OCH3 is 1. The minimum Gasteiger partial charge on any atom is -0.496 e. The lowest BCUT2D eigenvalue weighted by Crippen LogP contribution is -2.39. The van der Waals surface area contributed by atoms with Crippen molar-refractivity contribution < 1.29 is 14.3 Å². The van der Waals surface area contributed by atoms with Gasteiger partial charge in [0.1, 0.15) is 5.75 Å². The van der Waals surface area contributed by atoms with Crippen molar-refractivity contribution in [2.75, 3.05) is 25.9 Å². The van der Waals surface area contributed by atoms with E-state index in [2.05, 4.69) is 10.6 Å². The number of hydrogen-bond acceptors (Lipinski definition) is 4. The first-order chi connectivity index (χ1) is 10.2. The number of amides is 2. The first-order valence-corrected chi connectivity index (χ1v) is 7.24. The van der Waals surface area contributed by atoms with Gasteiger partial charge in [-0.25, -0.2) is 0 Å². The summed E-state index contributed by atoms with van der Waals surface area (Å²) in [5.41, 5.74) is 5.84. The molecule has 0 saturated heterocycles. The van der Waals surface area contributed by atoms with Gasteiger partial charge < -0.3 is 21.1 Å².